The van der Waals surface area contributed by atoms with Crippen LogP contribution in [0.1, 0.15) is 13.3 Å². The Morgan fingerprint density at radius 1 is 1.56 bits per heavy atom. The van der Waals surface area contributed by atoms with Gasteiger partial charge in [-0.15, -0.1) is 0 Å². The van der Waals surface area contributed by atoms with Gasteiger partial charge in [0.2, 0.25) is 0 Å². The highest BCUT2D eigenvalue weighted by atomic mass is 127. The number of alkyl halides is 1. The summed E-state index contributed by atoms with van der Waals surface area (Å²) in [5.41, 5.74) is 0. The maximum Gasteiger partial charge on any atom is 0.509 e. The predicted octanol–water partition coefficient (Wildman–Crippen LogP) is 1.94. The first-order chi connectivity index (χ1) is 4.31. The van der Waals surface area contributed by atoms with E-state index in [4.69, 9.17) is 0 Å². The third kappa shape index (κ3) is 5.88. The zero-order valence-electron chi connectivity index (χ0n) is 5.22. The lowest BCUT2D eigenvalue weighted by Crippen LogP contribution is -2.06. The zero-order valence-corrected chi connectivity index (χ0v) is 7.38. The number of rotatable bonds is 3. The van der Waals surface area contributed by atoms with Gasteiger partial charge in [-0.2, -0.15) is 0 Å². The lowest BCUT2D eigenvalue weighted by molar-refractivity contribution is 0.0709. The van der Waals surface area contributed by atoms with Gasteiger partial charge >= 0.3 is 6.16 Å². The first-order valence-electron chi connectivity index (χ1n) is 2.66. The van der Waals surface area contributed by atoms with Gasteiger partial charge < -0.3 is 9.47 Å². The van der Waals surface area contributed by atoms with Gasteiger partial charge in [-0.05, 0) is 29.0 Å². The second kappa shape index (κ2) is 6.12. The van der Waals surface area contributed by atoms with Gasteiger partial charge in [-0.1, -0.05) is 6.92 Å². The van der Waals surface area contributed by atoms with Crippen LogP contribution in [0.25, 0.3) is 0 Å². The van der Waals surface area contributed by atoms with Crippen LogP contribution in [0.5, 0.6) is 0 Å². The Hall–Kier alpha value is 0. The smallest absolute Gasteiger partial charge is 0.434 e. The largest absolute Gasteiger partial charge is 0.509 e. The molecule has 9 heavy (non-hydrogen) atoms. The van der Waals surface area contributed by atoms with Crippen LogP contribution in [0.2, 0.25) is 0 Å². The summed E-state index contributed by atoms with van der Waals surface area (Å²) in [6, 6.07) is 0. The maximum absolute atomic E-state index is 10.4. The monoisotopic (exact) mass is 244 g/mol. The van der Waals surface area contributed by atoms with Crippen molar-refractivity contribution in [1.82, 2.24) is 0 Å². The first-order valence-corrected chi connectivity index (χ1v) is 4.19. The summed E-state index contributed by atoms with van der Waals surface area (Å²) in [6.45, 7) is 2.37. The minimum atomic E-state index is -0.578. The van der Waals surface area contributed by atoms with Crippen molar-refractivity contribution in [3.63, 3.8) is 0 Å². The third-order valence-electron chi connectivity index (χ3n) is 0.596. The van der Waals surface area contributed by atoms with Crippen molar-refractivity contribution >= 4 is 28.7 Å². The first kappa shape index (κ1) is 9.00. The van der Waals surface area contributed by atoms with Crippen molar-refractivity contribution in [2.24, 2.45) is 0 Å². The molecule has 0 aromatic heterocycles. The summed E-state index contributed by atoms with van der Waals surface area (Å²) in [7, 11) is 0. The van der Waals surface area contributed by atoms with E-state index in [1.807, 2.05) is 29.5 Å². The van der Waals surface area contributed by atoms with Gasteiger partial charge in [-0.3, -0.25) is 0 Å². The van der Waals surface area contributed by atoms with Crippen molar-refractivity contribution in [3.8, 4) is 0 Å². The summed E-state index contributed by atoms with van der Waals surface area (Å²) in [5.74, 6) is 0. The van der Waals surface area contributed by atoms with E-state index in [2.05, 4.69) is 9.47 Å². The van der Waals surface area contributed by atoms with Crippen molar-refractivity contribution < 1.29 is 14.3 Å². The summed E-state index contributed by atoms with van der Waals surface area (Å²) < 4.78 is 9.38. The highest BCUT2D eigenvalue weighted by molar-refractivity contribution is 14.1. The Morgan fingerprint density at radius 3 is 2.67 bits per heavy atom. The Balaban J connectivity index is 3.06. The van der Waals surface area contributed by atoms with Gasteiger partial charge in [0.15, 0.2) is 0 Å². The normalized spacial score (nSPS) is 8.67. The molecule has 0 rings (SSSR count). The van der Waals surface area contributed by atoms with Crippen LogP contribution >= 0.6 is 22.6 Å². The van der Waals surface area contributed by atoms with Gasteiger partial charge in [0.1, 0.15) is 4.61 Å². The predicted molar refractivity (Wildman–Crippen MR) is 41.6 cm³/mol. The number of hydrogen-bond acceptors (Lipinski definition) is 3. The molecule has 0 fully saturated rings. The molecule has 0 heterocycles. The minimum absolute atomic E-state index is 0.348. The molecule has 0 radical (unpaired) electrons. The lowest BCUT2D eigenvalue weighted by atomic mass is 10.5. The quantitative estimate of drug-likeness (QED) is 0.432. The SMILES string of the molecule is CCCOC(=O)OCI. The molecule has 4 heteroatoms. The van der Waals surface area contributed by atoms with Gasteiger partial charge in [0, 0.05) is 0 Å². The summed E-state index contributed by atoms with van der Waals surface area (Å²) in [6.07, 6.45) is 0.252. The summed E-state index contributed by atoms with van der Waals surface area (Å²) in [5, 5.41) is 0. The van der Waals surface area contributed by atoms with Gasteiger partial charge in [-0.25, -0.2) is 4.79 Å². The van der Waals surface area contributed by atoms with Crippen LogP contribution in [-0.4, -0.2) is 17.4 Å². The van der Waals surface area contributed by atoms with E-state index >= 15 is 0 Å². The van der Waals surface area contributed by atoms with Crippen molar-refractivity contribution in [3.05, 3.63) is 0 Å². The van der Waals surface area contributed by atoms with Crippen molar-refractivity contribution in [2.45, 2.75) is 13.3 Å². The van der Waals surface area contributed by atoms with E-state index in [9.17, 15) is 4.79 Å². The van der Waals surface area contributed by atoms with Crippen molar-refractivity contribution in [1.29, 1.82) is 0 Å². The van der Waals surface area contributed by atoms with E-state index in [0.29, 0.717) is 11.2 Å². The maximum atomic E-state index is 10.4. The van der Waals surface area contributed by atoms with Crippen LogP contribution in [-0.2, 0) is 9.47 Å². The number of carbonyl (C=O) groups is 1. The van der Waals surface area contributed by atoms with Crippen LogP contribution in [0.15, 0.2) is 0 Å². The summed E-state index contributed by atoms with van der Waals surface area (Å²) in [4.78, 5) is 10.4. The Labute approximate surface area is 67.8 Å². The fraction of sp³-hybridized carbons (Fsp3) is 0.800. The molecule has 0 aromatic rings. The number of halogens is 1. The molecule has 0 bridgehead atoms. The summed E-state index contributed by atoms with van der Waals surface area (Å²) >= 11 is 1.93. The fourth-order valence-corrected chi connectivity index (χ4v) is 0.526. The molecule has 0 unspecified atom stereocenters. The Morgan fingerprint density at radius 2 is 2.22 bits per heavy atom. The number of hydrogen-bond donors (Lipinski definition) is 0. The molecule has 0 aliphatic carbocycles. The molecule has 0 aliphatic heterocycles. The van der Waals surface area contributed by atoms with Gasteiger partial charge in [0.25, 0.3) is 0 Å². The Bertz CT molecular complexity index is 84.3. The second-order valence-electron chi connectivity index (χ2n) is 1.35. The fourth-order valence-electron chi connectivity index (χ4n) is 0.272. The molecule has 0 spiro atoms. The third-order valence-corrected chi connectivity index (χ3v) is 0.908. The average Bonchev–Trinajstić information content (AvgIpc) is 1.85. The van der Waals surface area contributed by atoms with Crippen LogP contribution in [0, 0.1) is 0 Å². The molecule has 54 valence electrons. The standard InChI is InChI=1S/C5H9IO3/c1-2-3-8-5(7)9-4-6/h2-4H2,1H3. The second-order valence-corrected chi connectivity index (χ2v) is 1.97. The highest BCUT2D eigenvalue weighted by Crippen LogP contribution is 1.90. The molecule has 0 saturated heterocycles. The highest BCUT2D eigenvalue weighted by Gasteiger charge is 1.98. The molecule has 0 saturated carbocycles. The molecule has 0 atom stereocenters. The van der Waals surface area contributed by atoms with Crippen LogP contribution in [0.4, 0.5) is 4.79 Å². The minimum Gasteiger partial charge on any atom is -0.434 e. The van der Waals surface area contributed by atoms with Gasteiger partial charge in [0.05, 0.1) is 6.61 Å². The molecular formula is C5H9IO3. The Kier molecular flexibility index (Phi) is 6.12. The van der Waals surface area contributed by atoms with E-state index in [0.717, 1.165) is 6.42 Å². The molecule has 0 aromatic carbocycles. The average molecular weight is 244 g/mol. The molecule has 0 N–H and O–H groups in total. The molecule has 0 aliphatic rings. The molecule has 0 amide bonds. The van der Waals surface area contributed by atoms with Crippen LogP contribution in [0.3, 0.4) is 0 Å². The van der Waals surface area contributed by atoms with Crippen LogP contribution < -0.4 is 0 Å². The van der Waals surface area contributed by atoms with E-state index in [1.165, 1.54) is 0 Å². The van der Waals surface area contributed by atoms with E-state index < -0.39 is 6.16 Å². The number of ether oxygens (including phenoxy) is 2. The molecule has 3 nitrogen and oxygen atoms in total. The van der Waals surface area contributed by atoms with E-state index in [-0.39, 0.29) is 0 Å². The van der Waals surface area contributed by atoms with E-state index in [1.54, 1.807) is 0 Å². The van der Waals surface area contributed by atoms with Crippen molar-refractivity contribution in [2.75, 3.05) is 11.2 Å². The number of carbonyl (C=O) groups excluding carboxylic acids is 1. The topological polar surface area (TPSA) is 35.5 Å². The lowest BCUT2D eigenvalue weighted by Gasteiger charge is -1.99. The molecular weight excluding hydrogens is 235 g/mol. The zero-order chi connectivity index (χ0) is 7.11.